The van der Waals surface area contributed by atoms with Gasteiger partial charge in [0.2, 0.25) is 5.91 Å². The van der Waals surface area contributed by atoms with Crippen LogP contribution in [0.5, 0.6) is 5.75 Å². The molecule has 1 atom stereocenters. The van der Waals surface area contributed by atoms with E-state index in [1.165, 1.54) is 0 Å². The van der Waals surface area contributed by atoms with Gasteiger partial charge in [-0.05, 0) is 58.4 Å². The Morgan fingerprint density at radius 2 is 2.00 bits per heavy atom. The predicted octanol–water partition coefficient (Wildman–Crippen LogP) is 2.28. The van der Waals surface area contributed by atoms with Crippen LogP contribution in [0.3, 0.4) is 0 Å². The van der Waals surface area contributed by atoms with Crippen molar-refractivity contribution in [2.75, 3.05) is 26.2 Å². The van der Waals surface area contributed by atoms with Crippen LogP contribution in [-0.4, -0.2) is 53.8 Å². The molecule has 1 aromatic carbocycles. The minimum atomic E-state index is -0.646. The molecule has 0 aliphatic heterocycles. The summed E-state index contributed by atoms with van der Waals surface area (Å²) >= 11 is 0. The van der Waals surface area contributed by atoms with E-state index in [9.17, 15) is 9.90 Å². The maximum atomic E-state index is 12.0. The molecule has 1 amide bonds. The number of aliphatic hydroxyl groups is 1. The average molecular weight is 336 g/mol. The number of hydrogen-bond acceptors (Lipinski definition) is 4. The van der Waals surface area contributed by atoms with E-state index in [4.69, 9.17) is 4.74 Å². The van der Waals surface area contributed by atoms with Crippen molar-refractivity contribution in [1.82, 2.24) is 10.2 Å². The van der Waals surface area contributed by atoms with Gasteiger partial charge in [0.1, 0.15) is 18.5 Å². The van der Waals surface area contributed by atoms with Crippen molar-refractivity contribution in [2.24, 2.45) is 0 Å². The van der Waals surface area contributed by atoms with Gasteiger partial charge in [-0.15, -0.1) is 0 Å². The molecule has 0 radical (unpaired) electrons. The summed E-state index contributed by atoms with van der Waals surface area (Å²) in [5, 5.41) is 13.2. The fourth-order valence-corrected chi connectivity index (χ4v) is 2.37. The van der Waals surface area contributed by atoms with Gasteiger partial charge in [0.25, 0.3) is 0 Å². The first kappa shape index (κ1) is 20.5. The van der Waals surface area contributed by atoms with Gasteiger partial charge in [0, 0.05) is 12.1 Å². The summed E-state index contributed by atoms with van der Waals surface area (Å²) in [5.74, 6) is 0.759. The van der Waals surface area contributed by atoms with Crippen molar-refractivity contribution in [3.05, 3.63) is 29.3 Å². The SMILES string of the molecule is CCN(CC(=O)NC(C)(C)C)CC(O)COc1cc(C)ccc1C. The summed E-state index contributed by atoms with van der Waals surface area (Å²) in [4.78, 5) is 13.9. The van der Waals surface area contributed by atoms with Crippen LogP contribution in [0.15, 0.2) is 18.2 Å². The Morgan fingerprint density at radius 3 is 2.58 bits per heavy atom. The quantitative estimate of drug-likeness (QED) is 0.764. The lowest BCUT2D eigenvalue weighted by atomic mass is 10.1. The molecule has 2 N–H and O–H groups in total. The molecule has 0 aliphatic carbocycles. The van der Waals surface area contributed by atoms with Crippen LogP contribution in [0, 0.1) is 13.8 Å². The highest BCUT2D eigenvalue weighted by Crippen LogP contribution is 2.19. The van der Waals surface area contributed by atoms with Gasteiger partial charge in [-0.3, -0.25) is 9.69 Å². The largest absolute Gasteiger partial charge is 0.491 e. The van der Waals surface area contributed by atoms with Crippen LogP contribution >= 0.6 is 0 Å². The predicted molar refractivity (Wildman–Crippen MR) is 97.4 cm³/mol. The van der Waals surface area contributed by atoms with Gasteiger partial charge in [-0.2, -0.15) is 0 Å². The van der Waals surface area contributed by atoms with Crippen LogP contribution in [0.4, 0.5) is 0 Å². The first-order chi connectivity index (χ1) is 11.1. The standard InChI is InChI=1S/C19H32N2O3/c1-7-21(12-18(23)20-19(4,5)6)11-16(22)13-24-17-10-14(2)8-9-15(17)3/h8-10,16,22H,7,11-13H2,1-6H3,(H,20,23). The Labute approximate surface area is 146 Å². The molecule has 0 aliphatic rings. The Bertz CT molecular complexity index is 538. The van der Waals surface area contributed by atoms with E-state index in [-0.39, 0.29) is 24.6 Å². The highest BCUT2D eigenvalue weighted by Gasteiger charge is 2.18. The molecule has 0 saturated carbocycles. The zero-order chi connectivity index (χ0) is 18.3. The number of carbonyl (C=O) groups is 1. The van der Waals surface area contributed by atoms with Crippen LogP contribution in [0.25, 0.3) is 0 Å². The Kier molecular flexibility index (Phi) is 7.70. The van der Waals surface area contributed by atoms with E-state index in [0.29, 0.717) is 13.1 Å². The van der Waals surface area contributed by atoms with Crippen molar-refractivity contribution < 1.29 is 14.6 Å². The smallest absolute Gasteiger partial charge is 0.234 e. The lowest BCUT2D eigenvalue weighted by Crippen LogP contribution is -2.47. The summed E-state index contributed by atoms with van der Waals surface area (Å²) in [6, 6.07) is 6.01. The number of carbonyl (C=O) groups excluding carboxylic acids is 1. The number of rotatable bonds is 8. The number of amides is 1. The Balaban J connectivity index is 2.48. The summed E-state index contributed by atoms with van der Waals surface area (Å²) in [6.07, 6.45) is -0.646. The lowest BCUT2D eigenvalue weighted by Gasteiger charge is -2.26. The van der Waals surface area contributed by atoms with Crippen molar-refractivity contribution in [2.45, 2.75) is 53.2 Å². The third kappa shape index (κ3) is 7.79. The minimum Gasteiger partial charge on any atom is -0.491 e. The fraction of sp³-hybridized carbons (Fsp3) is 0.632. The number of nitrogens with zero attached hydrogens (tertiary/aromatic N) is 1. The summed E-state index contributed by atoms with van der Waals surface area (Å²) in [7, 11) is 0. The van der Waals surface area contributed by atoms with Gasteiger partial charge >= 0.3 is 0 Å². The van der Waals surface area contributed by atoms with Gasteiger partial charge in [0.15, 0.2) is 0 Å². The van der Waals surface area contributed by atoms with E-state index < -0.39 is 6.10 Å². The van der Waals surface area contributed by atoms with Gasteiger partial charge in [0.05, 0.1) is 6.54 Å². The number of ether oxygens (including phenoxy) is 1. The number of aryl methyl sites for hydroxylation is 2. The second-order valence-corrected chi connectivity index (χ2v) is 7.36. The third-order valence-corrected chi connectivity index (χ3v) is 3.57. The molecular formula is C19H32N2O3. The van der Waals surface area contributed by atoms with Crippen molar-refractivity contribution >= 4 is 5.91 Å². The van der Waals surface area contributed by atoms with E-state index in [1.807, 2.05) is 64.6 Å². The number of aliphatic hydroxyl groups excluding tert-OH is 1. The highest BCUT2D eigenvalue weighted by molar-refractivity contribution is 5.78. The topological polar surface area (TPSA) is 61.8 Å². The normalized spacial score (nSPS) is 13.0. The Hall–Kier alpha value is -1.59. The van der Waals surface area contributed by atoms with E-state index in [2.05, 4.69) is 5.32 Å². The zero-order valence-electron chi connectivity index (χ0n) is 15.8. The molecule has 0 saturated heterocycles. The first-order valence-electron chi connectivity index (χ1n) is 8.52. The highest BCUT2D eigenvalue weighted by atomic mass is 16.5. The molecule has 5 nitrogen and oxygen atoms in total. The van der Waals surface area contributed by atoms with Crippen molar-refractivity contribution in [3.63, 3.8) is 0 Å². The van der Waals surface area contributed by atoms with Crippen molar-refractivity contribution in [3.8, 4) is 5.75 Å². The monoisotopic (exact) mass is 336 g/mol. The fourth-order valence-electron chi connectivity index (χ4n) is 2.37. The molecule has 24 heavy (non-hydrogen) atoms. The maximum absolute atomic E-state index is 12.0. The number of likely N-dealkylation sites (N-methyl/N-ethyl adjacent to an activating group) is 1. The van der Waals surface area contributed by atoms with Gasteiger partial charge < -0.3 is 15.2 Å². The molecule has 1 rings (SSSR count). The van der Waals surface area contributed by atoms with Gasteiger partial charge in [-0.1, -0.05) is 19.1 Å². The molecule has 5 heteroatoms. The molecule has 0 spiro atoms. The van der Waals surface area contributed by atoms with Crippen LogP contribution in [0.1, 0.15) is 38.8 Å². The average Bonchev–Trinajstić information content (AvgIpc) is 2.45. The lowest BCUT2D eigenvalue weighted by molar-refractivity contribution is -0.124. The summed E-state index contributed by atoms with van der Waals surface area (Å²) in [6.45, 7) is 13.4. The molecule has 1 unspecified atom stereocenters. The van der Waals surface area contributed by atoms with Crippen LogP contribution in [-0.2, 0) is 4.79 Å². The molecule has 0 bridgehead atoms. The Morgan fingerprint density at radius 1 is 1.33 bits per heavy atom. The van der Waals surface area contributed by atoms with E-state index in [1.54, 1.807) is 0 Å². The molecular weight excluding hydrogens is 304 g/mol. The molecule has 0 heterocycles. The second-order valence-electron chi connectivity index (χ2n) is 7.36. The minimum absolute atomic E-state index is 0.0352. The van der Waals surface area contributed by atoms with E-state index >= 15 is 0 Å². The van der Waals surface area contributed by atoms with Crippen molar-refractivity contribution in [1.29, 1.82) is 0 Å². The summed E-state index contributed by atoms with van der Waals surface area (Å²) < 4.78 is 5.73. The molecule has 0 fully saturated rings. The van der Waals surface area contributed by atoms with Crippen LogP contribution < -0.4 is 10.1 Å². The molecule has 136 valence electrons. The first-order valence-corrected chi connectivity index (χ1v) is 8.52. The van der Waals surface area contributed by atoms with Gasteiger partial charge in [-0.25, -0.2) is 0 Å². The van der Waals surface area contributed by atoms with E-state index in [0.717, 1.165) is 16.9 Å². The number of nitrogens with one attached hydrogen (secondary N) is 1. The molecule has 1 aromatic rings. The van der Waals surface area contributed by atoms with Crippen LogP contribution in [0.2, 0.25) is 0 Å². The number of hydrogen-bond donors (Lipinski definition) is 2. The second kappa shape index (κ2) is 9.04. The maximum Gasteiger partial charge on any atom is 0.234 e. The number of benzene rings is 1. The third-order valence-electron chi connectivity index (χ3n) is 3.57. The molecule has 0 aromatic heterocycles. The summed E-state index contributed by atoms with van der Waals surface area (Å²) in [5.41, 5.74) is 1.92. The zero-order valence-corrected chi connectivity index (χ0v) is 15.8.